The molecule has 0 atom stereocenters. The summed E-state index contributed by atoms with van der Waals surface area (Å²) in [6, 6.07) is 8.27. The van der Waals surface area contributed by atoms with E-state index in [1.807, 2.05) is 6.07 Å². The average molecular weight is 291 g/mol. The number of pyridine rings is 1. The number of anilines is 1. The molecule has 0 saturated carbocycles. The summed E-state index contributed by atoms with van der Waals surface area (Å²) < 4.78 is 13.0. The molecule has 4 heteroatoms. The summed E-state index contributed by atoms with van der Waals surface area (Å²) in [5.41, 5.74) is 1.82. The van der Waals surface area contributed by atoms with E-state index in [2.05, 4.69) is 9.88 Å². The highest BCUT2D eigenvalue weighted by atomic mass is 35.5. The summed E-state index contributed by atoms with van der Waals surface area (Å²) >= 11 is 6.52. The number of halogens is 2. The van der Waals surface area contributed by atoms with Gasteiger partial charge in [0.05, 0.1) is 5.02 Å². The molecule has 0 bridgehead atoms. The van der Waals surface area contributed by atoms with Crippen LogP contribution in [0.2, 0.25) is 5.02 Å². The highest BCUT2D eigenvalue weighted by molar-refractivity contribution is 6.35. The number of piperidine rings is 1. The third-order valence-corrected chi connectivity index (χ3v) is 4.05. The van der Waals surface area contributed by atoms with Gasteiger partial charge in [0.2, 0.25) is 0 Å². The van der Waals surface area contributed by atoms with Gasteiger partial charge in [-0.1, -0.05) is 23.7 Å². The molecule has 1 saturated heterocycles. The van der Waals surface area contributed by atoms with Crippen molar-refractivity contribution in [1.29, 1.82) is 0 Å². The molecule has 2 nitrogen and oxygen atoms in total. The van der Waals surface area contributed by atoms with Gasteiger partial charge in [0.25, 0.3) is 0 Å². The van der Waals surface area contributed by atoms with Gasteiger partial charge in [-0.15, -0.1) is 0 Å². The van der Waals surface area contributed by atoms with Gasteiger partial charge >= 0.3 is 0 Å². The van der Waals surface area contributed by atoms with Crippen LogP contribution in [0.15, 0.2) is 36.5 Å². The lowest BCUT2D eigenvalue weighted by molar-refractivity contribution is 0.573. The van der Waals surface area contributed by atoms with E-state index in [9.17, 15) is 4.39 Å². The molecule has 2 aromatic rings. The fourth-order valence-corrected chi connectivity index (χ4v) is 2.95. The van der Waals surface area contributed by atoms with Crippen molar-refractivity contribution >= 4 is 17.4 Å². The van der Waals surface area contributed by atoms with Gasteiger partial charge in [-0.2, -0.15) is 0 Å². The lowest BCUT2D eigenvalue weighted by Gasteiger charge is -2.28. The molecule has 0 amide bonds. The number of hydrogen-bond acceptors (Lipinski definition) is 2. The minimum Gasteiger partial charge on any atom is -0.355 e. The number of aromatic nitrogens is 1. The highest BCUT2D eigenvalue weighted by Gasteiger charge is 2.17. The molecule has 104 valence electrons. The fourth-order valence-electron chi connectivity index (χ4n) is 2.61. The fraction of sp³-hybridized carbons (Fsp3) is 0.312. The lowest BCUT2D eigenvalue weighted by Crippen LogP contribution is -2.30. The molecular weight excluding hydrogens is 275 g/mol. The first kappa shape index (κ1) is 13.4. The topological polar surface area (TPSA) is 16.1 Å². The average Bonchev–Trinajstić information content (AvgIpc) is 2.49. The predicted octanol–water partition coefficient (Wildman–Crippen LogP) is 4.53. The van der Waals surface area contributed by atoms with Gasteiger partial charge in [-0.3, -0.25) is 0 Å². The van der Waals surface area contributed by atoms with E-state index in [-0.39, 0.29) is 5.82 Å². The van der Waals surface area contributed by atoms with Crippen molar-refractivity contribution in [2.45, 2.75) is 19.3 Å². The Morgan fingerprint density at radius 1 is 1.00 bits per heavy atom. The second kappa shape index (κ2) is 5.80. The Balaban J connectivity index is 1.98. The third-order valence-electron chi connectivity index (χ3n) is 3.68. The van der Waals surface area contributed by atoms with Gasteiger partial charge in [-0.05, 0) is 43.0 Å². The number of benzene rings is 1. The molecule has 20 heavy (non-hydrogen) atoms. The molecule has 1 aliphatic rings. The maximum atomic E-state index is 13.0. The molecule has 3 rings (SSSR count). The lowest BCUT2D eigenvalue weighted by atomic mass is 10.1. The molecule has 2 heterocycles. The van der Waals surface area contributed by atoms with Crippen LogP contribution in [0.25, 0.3) is 11.1 Å². The van der Waals surface area contributed by atoms with E-state index in [0.717, 1.165) is 30.0 Å². The van der Waals surface area contributed by atoms with Crippen molar-refractivity contribution in [1.82, 2.24) is 4.98 Å². The molecule has 0 spiro atoms. The van der Waals surface area contributed by atoms with E-state index >= 15 is 0 Å². The maximum Gasteiger partial charge on any atom is 0.147 e. The predicted molar refractivity (Wildman–Crippen MR) is 80.7 cm³/mol. The van der Waals surface area contributed by atoms with Crippen molar-refractivity contribution in [3.8, 4) is 11.1 Å². The first-order valence-corrected chi connectivity index (χ1v) is 7.29. The molecule has 0 unspecified atom stereocenters. The van der Waals surface area contributed by atoms with E-state index in [1.54, 1.807) is 18.3 Å². The van der Waals surface area contributed by atoms with Gasteiger partial charge in [0.15, 0.2) is 0 Å². The summed E-state index contributed by atoms with van der Waals surface area (Å²) in [5.74, 6) is 0.600. The van der Waals surface area contributed by atoms with Crippen LogP contribution in [0.1, 0.15) is 19.3 Å². The Hall–Kier alpha value is -1.61. The van der Waals surface area contributed by atoms with Gasteiger partial charge in [-0.25, -0.2) is 9.37 Å². The molecule has 0 radical (unpaired) electrons. The molecule has 1 fully saturated rings. The zero-order valence-electron chi connectivity index (χ0n) is 11.1. The van der Waals surface area contributed by atoms with Gasteiger partial charge in [0, 0.05) is 24.8 Å². The molecule has 0 aliphatic carbocycles. The van der Waals surface area contributed by atoms with Crippen LogP contribution in [0, 0.1) is 5.82 Å². The van der Waals surface area contributed by atoms with Crippen LogP contribution in [0.5, 0.6) is 0 Å². The van der Waals surface area contributed by atoms with Crippen molar-refractivity contribution in [2.75, 3.05) is 18.0 Å². The minimum absolute atomic E-state index is 0.241. The first-order valence-electron chi connectivity index (χ1n) is 6.91. The summed E-state index contributed by atoms with van der Waals surface area (Å²) in [7, 11) is 0. The number of hydrogen-bond donors (Lipinski definition) is 0. The molecular formula is C16H16ClFN2. The highest BCUT2D eigenvalue weighted by Crippen LogP contribution is 2.35. The van der Waals surface area contributed by atoms with E-state index in [4.69, 9.17) is 11.6 Å². The van der Waals surface area contributed by atoms with Crippen LogP contribution in [-0.2, 0) is 0 Å². The van der Waals surface area contributed by atoms with Crippen molar-refractivity contribution < 1.29 is 4.39 Å². The van der Waals surface area contributed by atoms with Crippen LogP contribution in [-0.4, -0.2) is 18.1 Å². The standard InChI is InChI=1S/C16H16ClFN2/c17-15-14(12-4-6-13(18)7-5-12)8-9-19-16(15)20-10-2-1-3-11-20/h4-9H,1-3,10-11H2. The second-order valence-electron chi connectivity index (χ2n) is 5.05. The van der Waals surface area contributed by atoms with Crippen molar-refractivity contribution in [3.05, 3.63) is 47.4 Å². The van der Waals surface area contributed by atoms with Crippen LogP contribution >= 0.6 is 11.6 Å². The SMILES string of the molecule is Fc1ccc(-c2ccnc(N3CCCCC3)c2Cl)cc1. The minimum atomic E-state index is -0.241. The quantitative estimate of drug-likeness (QED) is 0.808. The maximum absolute atomic E-state index is 13.0. The molecule has 0 N–H and O–H groups in total. The van der Waals surface area contributed by atoms with Crippen LogP contribution < -0.4 is 4.90 Å². The normalized spacial score (nSPS) is 15.4. The zero-order chi connectivity index (χ0) is 13.9. The smallest absolute Gasteiger partial charge is 0.147 e. The largest absolute Gasteiger partial charge is 0.355 e. The van der Waals surface area contributed by atoms with Crippen LogP contribution in [0.4, 0.5) is 10.2 Å². The molecule has 1 aliphatic heterocycles. The zero-order valence-corrected chi connectivity index (χ0v) is 11.9. The number of rotatable bonds is 2. The summed E-state index contributed by atoms with van der Waals surface area (Å²) in [5, 5.41) is 0.654. The summed E-state index contributed by atoms with van der Waals surface area (Å²) in [6.45, 7) is 2.00. The Morgan fingerprint density at radius 3 is 2.40 bits per heavy atom. The van der Waals surface area contributed by atoms with E-state index in [1.165, 1.54) is 31.4 Å². The molecule has 1 aromatic heterocycles. The monoisotopic (exact) mass is 290 g/mol. The van der Waals surface area contributed by atoms with Gasteiger partial charge in [0.1, 0.15) is 11.6 Å². The Kier molecular flexibility index (Phi) is 3.88. The Bertz CT molecular complexity index is 592. The molecule has 1 aromatic carbocycles. The Labute approximate surface area is 123 Å². The number of nitrogens with zero attached hydrogens (tertiary/aromatic N) is 2. The third kappa shape index (κ3) is 2.63. The first-order chi connectivity index (χ1) is 9.75. The van der Waals surface area contributed by atoms with Crippen molar-refractivity contribution in [3.63, 3.8) is 0 Å². The summed E-state index contributed by atoms with van der Waals surface area (Å²) in [6.07, 6.45) is 5.40. The van der Waals surface area contributed by atoms with E-state index < -0.39 is 0 Å². The van der Waals surface area contributed by atoms with E-state index in [0.29, 0.717) is 5.02 Å². The summed E-state index contributed by atoms with van der Waals surface area (Å²) in [4.78, 5) is 6.66. The Morgan fingerprint density at radius 2 is 1.70 bits per heavy atom. The van der Waals surface area contributed by atoms with Crippen molar-refractivity contribution in [2.24, 2.45) is 0 Å². The van der Waals surface area contributed by atoms with Gasteiger partial charge < -0.3 is 4.90 Å². The van der Waals surface area contributed by atoms with Crippen LogP contribution in [0.3, 0.4) is 0 Å². The second-order valence-corrected chi connectivity index (χ2v) is 5.43.